The lowest BCUT2D eigenvalue weighted by molar-refractivity contribution is 0.414. The van der Waals surface area contributed by atoms with Gasteiger partial charge < -0.3 is 19.7 Å². The van der Waals surface area contributed by atoms with Crippen molar-refractivity contribution in [3.8, 4) is 28.1 Å². The summed E-state index contributed by atoms with van der Waals surface area (Å²) in [5.74, 6) is 2.55. The maximum absolute atomic E-state index is 10.7. The van der Waals surface area contributed by atoms with Crippen LogP contribution in [0.4, 0.5) is 5.95 Å². The molecule has 0 amide bonds. The third kappa shape index (κ3) is 3.46. The Morgan fingerprint density at radius 3 is 2.69 bits per heavy atom. The van der Waals surface area contributed by atoms with Crippen molar-refractivity contribution in [3.63, 3.8) is 0 Å². The molecule has 1 aromatic carbocycles. The zero-order chi connectivity index (χ0) is 21.7. The summed E-state index contributed by atoms with van der Waals surface area (Å²) in [6, 6.07) is 10.2. The average Bonchev–Trinajstić information content (AvgIpc) is 3.62. The molecule has 0 radical (unpaired) electrons. The number of nitrogens with zero attached hydrogens (tertiary/aromatic N) is 6. The standard InChI is InChI=1S/C24H25N7O/c1-15-26-12-19-10-18(6-8-31(15)19)17-4-5-20(23(32)11-17)21-13-27-24(29-28-21)30-9-7-25-22(14-30)16-2-3-16/h4-6,8,10-13,16,22,25,32H,2-3,7,9,14H2,1H3. The second kappa shape index (κ2) is 7.56. The molecule has 2 N–H and O–H groups in total. The number of phenols is 1. The average molecular weight is 428 g/mol. The predicted molar refractivity (Wildman–Crippen MR) is 123 cm³/mol. The topological polar surface area (TPSA) is 91.5 Å². The first-order valence-corrected chi connectivity index (χ1v) is 11.1. The van der Waals surface area contributed by atoms with E-state index in [0.717, 1.165) is 48.0 Å². The minimum absolute atomic E-state index is 0.159. The van der Waals surface area contributed by atoms with Gasteiger partial charge in [-0.05, 0) is 61.1 Å². The second-order valence-corrected chi connectivity index (χ2v) is 8.74. The molecule has 2 aliphatic rings. The number of piperazine rings is 1. The number of hydrogen-bond acceptors (Lipinski definition) is 7. The van der Waals surface area contributed by atoms with Crippen molar-refractivity contribution in [2.75, 3.05) is 24.5 Å². The van der Waals surface area contributed by atoms with E-state index in [9.17, 15) is 5.11 Å². The molecule has 1 aliphatic carbocycles. The van der Waals surface area contributed by atoms with Gasteiger partial charge in [0.2, 0.25) is 5.95 Å². The van der Waals surface area contributed by atoms with Gasteiger partial charge >= 0.3 is 0 Å². The van der Waals surface area contributed by atoms with Gasteiger partial charge in [-0.2, -0.15) is 0 Å². The van der Waals surface area contributed by atoms with E-state index in [-0.39, 0.29) is 5.75 Å². The van der Waals surface area contributed by atoms with Crippen LogP contribution >= 0.6 is 0 Å². The van der Waals surface area contributed by atoms with E-state index in [4.69, 9.17) is 0 Å². The van der Waals surface area contributed by atoms with Gasteiger partial charge in [0.1, 0.15) is 17.3 Å². The van der Waals surface area contributed by atoms with Crippen LogP contribution in [0, 0.1) is 12.8 Å². The number of hydrogen-bond donors (Lipinski definition) is 2. The van der Waals surface area contributed by atoms with E-state index in [1.54, 1.807) is 12.3 Å². The van der Waals surface area contributed by atoms with Crippen LogP contribution < -0.4 is 10.2 Å². The summed E-state index contributed by atoms with van der Waals surface area (Å²) < 4.78 is 2.03. The Kier molecular flexibility index (Phi) is 4.53. The molecule has 6 rings (SSSR count). The third-order valence-electron chi connectivity index (χ3n) is 6.55. The molecular weight excluding hydrogens is 402 g/mol. The molecule has 2 fully saturated rings. The number of nitrogens with one attached hydrogen (secondary N) is 1. The molecule has 1 atom stereocenters. The van der Waals surface area contributed by atoms with Crippen molar-refractivity contribution < 1.29 is 5.11 Å². The van der Waals surface area contributed by atoms with E-state index in [0.29, 0.717) is 23.2 Å². The maximum atomic E-state index is 10.7. The summed E-state index contributed by atoms with van der Waals surface area (Å²) in [5, 5.41) is 23.0. The second-order valence-electron chi connectivity index (χ2n) is 8.74. The maximum Gasteiger partial charge on any atom is 0.245 e. The van der Waals surface area contributed by atoms with E-state index in [2.05, 4.69) is 36.4 Å². The Hall–Kier alpha value is -3.52. The van der Waals surface area contributed by atoms with Gasteiger partial charge in [-0.3, -0.25) is 0 Å². The molecule has 3 aromatic heterocycles. The highest BCUT2D eigenvalue weighted by Gasteiger charge is 2.34. The summed E-state index contributed by atoms with van der Waals surface area (Å²) in [7, 11) is 0. The highest BCUT2D eigenvalue weighted by atomic mass is 16.3. The fraction of sp³-hybridized carbons (Fsp3) is 0.333. The molecule has 1 unspecified atom stereocenters. The molecule has 8 heteroatoms. The minimum Gasteiger partial charge on any atom is -0.507 e. The predicted octanol–water partition coefficient (Wildman–Crippen LogP) is 3.06. The van der Waals surface area contributed by atoms with E-state index >= 15 is 0 Å². The van der Waals surface area contributed by atoms with Crippen molar-refractivity contribution in [1.82, 2.24) is 29.9 Å². The normalized spacial score (nSPS) is 18.9. The van der Waals surface area contributed by atoms with E-state index < -0.39 is 0 Å². The van der Waals surface area contributed by atoms with Gasteiger partial charge in [-0.1, -0.05) is 6.07 Å². The van der Waals surface area contributed by atoms with Crippen LogP contribution in [-0.4, -0.2) is 55.3 Å². The fourth-order valence-corrected chi connectivity index (χ4v) is 4.55. The number of aromatic nitrogens is 5. The SMILES string of the molecule is Cc1ncc2cc(-c3ccc(-c4cnc(N5CCNC(C6CC6)C5)nn4)c(O)c3)ccn12. The lowest BCUT2D eigenvalue weighted by Crippen LogP contribution is -2.52. The number of anilines is 1. The Morgan fingerprint density at radius 2 is 1.91 bits per heavy atom. The van der Waals surface area contributed by atoms with Crippen molar-refractivity contribution in [3.05, 3.63) is 54.7 Å². The van der Waals surface area contributed by atoms with Crippen LogP contribution in [0.25, 0.3) is 27.9 Å². The Morgan fingerprint density at radius 1 is 1.03 bits per heavy atom. The van der Waals surface area contributed by atoms with Gasteiger partial charge in [0.15, 0.2) is 0 Å². The molecule has 4 aromatic rings. The lowest BCUT2D eigenvalue weighted by Gasteiger charge is -2.33. The van der Waals surface area contributed by atoms with Crippen molar-refractivity contribution in [2.45, 2.75) is 25.8 Å². The van der Waals surface area contributed by atoms with Crippen LogP contribution in [0.5, 0.6) is 5.75 Å². The first kappa shape index (κ1) is 19.2. The summed E-state index contributed by atoms with van der Waals surface area (Å²) in [6.07, 6.45) is 8.17. The largest absolute Gasteiger partial charge is 0.507 e. The molecule has 1 saturated carbocycles. The van der Waals surface area contributed by atoms with Crippen LogP contribution in [0.1, 0.15) is 18.7 Å². The Balaban J connectivity index is 1.23. The van der Waals surface area contributed by atoms with Crippen molar-refractivity contribution >= 4 is 11.5 Å². The van der Waals surface area contributed by atoms with Gasteiger partial charge in [0.25, 0.3) is 0 Å². The quantitative estimate of drug-likeness (QED) is 0.517. The molecule has 1 saturated heterocycles. The number of imidazole rings is 1. The highest BCUT2D eigenvalue weighted by Crippen LogP contribution is 2.35. The third-order valence-corrected chi connectivity index (χ3v) is 6.55. The van der Waals surface area contributed by atoms with E-state index in [1.807, 2.05) is 41.9 Å². The molecule has 0 bridgehead atoms. The van der Waals surface area contributed by atoms with Crippen LogP contribution in [0.3, 0.4) is 0 Å². The van der Waals surface area contributed by atoms with Crippen molar-refractivity contribution in [1.29, 1.82) is 0 Å². The zero-order valence-corrected chi connectivity index (χ0v) is 17.9. The molecule has 32 heavy (non-hydrogen) atoms. The number of pyridine rings is 1. The first-order valence-electron chi connectivity index (χ1n) is 11.1. The van der Waals surface area contributed by atoms with Crippen LogP contribution in [0.15, 0.2) is 48.9 Å². The molecule has 162 valence electrons. The molecule has 4 heterocycles. The fourth-order valence-electron chi connectivity index (χ4n) is 4.55. The zero-order valence-electron chi connectivity index (χ0n) is 17.9. The molecule has 8 nitrogen and oxygen atoms in total. The number of aryl methyl sites for hydroxylation is 1. The molecule has 0 spiro atoms. The highest BCUT2D eigenvalue weighted by molar-refractivity contribution is 5.75. The number of phenolic OH excluding ortho intramolecular Hbond substituents is 1. The van der Waals surface area contributed by atoms with E-state index in [1.165, 1.54) is 12.8 Å². The van der Waals surface area contributed by atoms with Gasteiger partial charge in [-0.15, -0.1) is 10.2 Å². The monoisotopic (exact) mass is 427 g/mol. The van der Waals surface area contributed by atoms with Crippen LogP contribution in [-0.2, 0) is 0 Å². The number of fused-ring (bicyclic) bond motifs is 1. The van der Waals surface area contributed by atoms with Crippen LogP contribution in [0.2, 0.25) is 0 Å². The number of rotatable bonds is 4. The minimum atomic E-state index is 0.159. The Bertz CT molecular complexity index is 1280. The number of aromatic hydroxyl groups is 1. The van der Waals surface area contributed by atoms with Crippen molar-refractivity contribution in [2.24, 2.45) is 5.92 Å². The summed E-state index contributed by atoms with van der Waals surface area (Å²) in [5.41, 5.74) is 4.15. The summed E-state index contributed by atoms with van der Waals surface area (Å²) in [6.45, 7) is 4.72. The van der Waals surface area contributed by atoms with Gasteiger partial charge in [0, 0.05) is 37.4 Å². The lowest BCUT2D eigenvalue weighted by atomic mass is 10.0. The Labute approximate surface area is 186 Å². The summed E-state index contributed by atoms with van der Waals surface area (Å²) in [4.78, 5) is 11.1. The smallest absolute Gasteiger partial charge is 0.245 e. The first-order chi connectivity index (χ1) is 15.7. The summed E-state index contributed by atoms with van der Waals surface area (Å²) >= 11 is 0. The van der Waals surface area contributed by atoms with Gasteiger partial charge in [0.05, 0.1) is 17.9 Å². The molecule has 1 aliphatic heterocycles. The number of benzene rings is 1. The molecular formula is C24H25N7O. The van der Waals surface area contributed by atoms with Gasteiger partial charge in [-0.25, -0.2) is 9.97 Å².